The molecule has 0 N–H and O–H groups in total. The fourth-order valence-corrected chi connectivity index (χ4v) is 9.86. The number of allylic oxidation sites excluding steroid dienone is 4. The van der Waals surface area contributed by atoms with E-state index in [-0.39, 0.29) is 37.2 Å². The monoisotopic (exact) mass is 512 g/mol. The number of unbranched alkanes of at least 4 members (excludes halogenated alkanes) is 2. The summed E-state index contributed by atoms with van der Waals surface area (Å²) >= 11 is 2.38. The first-order valence-corrected chi connectivity index (χ1v) is 13.1. The summed E-state index contributed by atoms with van der Waals surface area (Å²) in [5.74, 6) is 0. The maximum Gasteiger partial charge on any atom is -1.00 e. The summed E-state index contributed by atoms with van der Waals surface area (Å²) in [7, 11) is -1.25. The van der Waals surface area contributed by atoms with Gasteiger partial charge in [-0.25, -0.2) is 0 Å². The van der Waals surface area contributed by atoms with Gasteiger partial charge < -0.3 is 37.2 Å². The van der Waals surface area contributed by atoms with Crippen LogP contribution in [0.3, 0.4) is 0 Å². The van der Waals surface area contributed by atoms with Crippen LogP contribution in [0, 0.1) is 20.8 Å². The van der Waals surface area contributed by atoms with E-state index in [2.05, 4.69) is 96.7 Å². The van der Waals surface area contributed by atoms with Gasteiger partial charge in [-0.1, -0.05) is 0 Å². The molecule has 3 rings (SSSR count). The van der Waals surface area contributed by atoms with Crippen LogP contribution in [0.5, 0.6) is 0 Å². The van der Waals surface area contributed by atoms with Crippen molar-refractivity contribution in [3.8, 4) is 0 Å². The maximum absolute atomic E-state index is 2.48. The molecule has 0 saturated heterocycles. The minimum atomic E-state index is -1.25. The SMILES string of the molecule is CCCCC[SiH](C1=[C]([Ti+3])CC=C1c1ccccc1)c1c(C)cc(C)cc1C.[Cl-].[Cl-].[Cl-]. The number of hydrogen-bond donors (Lipinski definition) is 0. The first-order chi connectivity index (χ1) is 13.0. The second kappa shape index (κ2) is 14.0. The van der Waals surface area contributed by atoms with Gasteiger partial charge in [0.05, 0.1) is 0 Å². The van der Waals surface area contributed by atoms with Crippen LogP contribution < -0.4 is 42.4 Å². The summed E-state index contributed by atoms with van der Waals surface area (Å²) in [4.78, 5) is 0. The second-order valence-electron chi connectivity index (χ2n) is 7.94. The van der Waals surface area contributed by atoms with Gasteiger partial charge in [0.1, 0.15) is 0 Å². The zero-order valence-electron chi connectivity index (χ0n) is 18.4. The topological polar surface area (TPSA) is 0 Å². The third kappa shape index (κ3) is 6.86. The van der Waals surface area contributed by atoms with Crippen LogP contribution in [0.15, 0.2) is 57.6 Å². The van der Waals surface area contributed by atoms with Crippen molar-refractivity contribution in [3.63, 3.8) is 0 Å². The van der Waals surface area contributed by atoms with E-state index in [1.807, 2.05) is 0 Å². The van der Waals surface area contributed by atoms with E-state index in [0.717, 1.165) is 6.42 Å². The average molecular weight is 514 g/mol. The molecule has 0 fully saturated rings. The number of hydrogen-bond acceptors (Lipinski definition) is 0. The normalized spacial score (nSPS) is 13.7. The van der Waals surface area contributed by atoms with Crippen molar-refractivity contribution < 1.29 is 57.7 Å². The van der Waals surface area contributed by atoms with E-state index in [1.54, 1.807) is 14.3 Å². The van der Waals surface area contributed by atoms with Gasteiger partial charge in [-0.05, 0) is 0 Å². The number of halogens is 3. The fraction of sp³-hybridized carbons (Fsp3) is 0.360. The molecule has 0 bridgehead atoms. The zero-order valence-corrected chi connectivity index (χ0v) is 23.3. The Kier molecular flexibility index (Phi) is 13.9. The average Bonchev–Trinajstić information content (AvgIpc) is 3.02. The van der Waals surface area contributed by atoms with Crippen LogP contribution >= 0.6 is 0 Å². The molecule has 0 amide bonds. The molecule has 0 spiro atoms. The summed E-state index contributed by atoms with van der Waals surface area (Å²) in [6.45, 7) is 9.22. The van der Waals surface area contributed by atoms with E-state index >= 15 is 0 Å². The van der Waals surface area contributed by atoms with Gasteiger partial charge in [-0.15, -0.1) is 0 Å². The molecule has 0 aliphatic heterocycles. The van der Waals surface area contributed by atoms with E-state index in [1.165, 1.54) is 53.1 Å². The van der Waals surface area contributed by atoms with E-state index in [0.29, 0.717) is 0 Å². The van der Waals surface area contributed by atoms with Crippen molar-refractivity contribution in [2.24, 2.45) is 0 Å². The Morgan fingerprint density at radius 1 is 0.900 bits per heavy atom. The molecule has 2 aromatic carbocycles. The van der Waals surface area contributed by atoms with Crippen LogP contribution in [-0.2, 0) is 20.4 Å². The van der Waals surface area contributed by atoms with E-state index in [9.17, 15) is 0 Å². The largest absolute Gasteiger partial charge is 1.00 e. The third-order valence-corrected chi connectivity index (χ3v) is 10.9. The summed E-state index contributed by atoms with van der Waals surface area (Å²) < 4.78 is 1.61. The fourth-order valence-electron chi connectivity index (χ4n) is 4.65. The summed E-state index contributed by atoms with van der Waals surface area (Å²) in [6, 6.07) is 17.2. The molecule has 30 heavy (non-hydrogen) atoms. The summed E-state index contributed by atoms with van der Waals surface area (Å²) in [5, 5.41) is 3.43. The van der Waals surface area contributed by atoms with Crippen molar-refractivity contribution in [2.45, 2.75) is 59.4 Å². The second-order valence-corrected chi connectivity index (χ2v) is 11.7. The molecular weight excluding hydrogens is 483 g/mol. The Morgan fingerprint density at radius 2 is 1.50 bits per heavy atom. The molecule has 1 aliphatic carbocycles. The van der Waals surface area contributed by atoms with Gasteiger partial charge in [0.15, 0.2) is 0 Å². The molecule has 0 nitrogen and oxygen atoms in total. The molecule has 0 heterocycles. The van der Waals surface area contributed by atoms with Crippen molar-refractivity contribution in [1.82, 2.24) is 0 Å². The maximum atomic E-state index is 2.48. The smallest absolute Gasteiger partial charge is 1.00 e. The minimum absolute atomic E-state index is 0. The number of rotatable bonds is 7. The molecule has 1 unspecified atom stereocenters. The van der Waals surface area contributed by atoms with Crippen molar-refractivity contribution in [2.75, 3.05) is 0 Å². The molecule has 1 atom stereocenters. The van der Waals surface area contributed by atoms with Gasteiger partial charge in [0.2, 0.25) is 0 Å². The predicted octanol–water partition coefficient (Wildman–Crippen LogP) is -2.92. The van der Waals surface area contributed by atoms with Crippen LogP contribution in [0.1, 0.15) is 54.9 Å². The molecular formula is C25H31Cl3SiTi. The molecule has 0 saturated carbocycles. The Morgan fingerprint density at radius 3 is 2.07 bits per heavy atom. The van der Waals surface area contributed by atoms with Gasteiger partial charge in [-0.2, -0.15) is 0 Å². The van der Waals surface area contributed by atoms with Crippen LogP contribution in [0.4, 0.5) is 0 Å². The standard InChI is InChI=1S/C25H31Si.3ClH.Ti/c1-5-6-10-16-26(25-20(3)17-19(2)18-21(25)4)24-15-11-14-23(24)22-12-8-7-9-13-22;;;;/h7-9,12-14,17-18,26H,5-6,10-11,16H2,1-4H3;3*1H;/q;;;;+3/p-3. The Hall–Kier alpha value is -0.279. The number of aryl methyl sites for hydroxylation is 3. The Bertz CT molecular complexity index is 852. The zero-order chi connectivity index (χ0) is 19.4. The minimum Gasteiger partial charge on any atom is -1.00 e. The molecule has 2 aromatic rings. The van der Waals surface area contributed by atoms with Gasteiger partial charge in [0, 0.05) is 0 Å². The molecule has 1 aliphatic rings. The van der Waals surface area contributed by atoms with Crippen LogP contribution in [-0.4, -0.2) is 8.80 Å². The molecule has 0 radical (unpaired) electrons. The number of benzene rings is 2. The van der Waals surface area contributed by atoms with E-state index in [4.69, 9.17) is 0 Å². The third-order valence-electron chi connectivity index (χ3n) is 5.74. The van der Waals surface area contributed by atoms with Crippen molar-refractivity contribution in [3.05, 3.63) is 79.9 Å². The van der Waals surface area contributed by atoms with Crippen LogP contribution in [0.25, 0.3) is 5.57 Å². The first-order valence-electron chi connectivity index (χ1n) is 10.3. The van der Waals surface area contributed by atoms with E-state index < -0.39 is 8.80 Å². The van der Waals surface area contributed by atoms with Gasteiger partial charge in [0.25, 0.3) is 0 Å². The Balaban J connectivity index is 0.00000280. The Labute approximate surface area is 215 Å². The van der Waals surface area contributed by atoms with Gasteiger partial charge in [-0.3, -0.25) is 0 Å². The first kappa shape index (κ1) is 29.7. The van der Waals surface area contributed by atoms with Crippen molar-refractivity contribution in [1.29, 1.82) is 0 Å². The van der Waals surface area contributed by atoms with Gasteiger partial charge >= 0.3 is 179 Å². The predicted molar refractivity (Wildman–Crippen MR) is 118 cm³/mol. The quantitative estimate of drug-likeness (QED) is 0.275. The van der Waals surface area contributed by atoms with Crippen molar-refractivity contribution >= 4 is 19.6 Å². The summed E-state index contributed by atoms with van der Waals surface area (Å²) in [5.41, 5.74) is 7.35. The van der Waals surface area contributed by atoms with Crippen LogP contribution in [0.2, 0.25) is 6.04 Å². The molecule has 160 valence electrons. The molecule has 5 heteroatoms. The summed E-state index contributed by atoms with van der Waals surface area (Å²) in [6.07, 6.45) is 7.62. The molecule has 0 aromatic heterocycles.